The second-order valence-corrected chi connectivity index (χ2v) is 4.08. The molecule has 0 aliphatic carbocycles. The molecule has 84 valence electrons. The number of rotatable bonds is 5. The summed E-state index contributed by atoms with van der Waals surface area (Å²) in [7, 11) is 3.24. The van der Waals surface area contributed by atoms with Gasteiger partial charge in [-0.3, -0.25) is 0 Å². The molecule has 0 amide bonds. The van der Waals surface area contributed by atoms with Crippen LogP contribution in [0.15, 0.2) is 23.1 Å². The van der Waals surface area contributed by atoms with E-state index < -0.39 is 0 Å². The zero-order chi connectivity index (χ0) is 11.3. The number of ether oxygens (including phenoxy) is 2. The molecule has 1 rings (SSSR count). The van der Waals surface area contributed by atoms with E-state index >= 15 is 0 Å². The van der Waals surface area contributed by atoms with Gasteiger partial charge in [0.15, 0.2) is 11.5 Å². The van der Waals surface area contributed by atoms with Gasteiger partial charge in [-0.25, -0.2) is 0 Å². The van der Waals surface area contributed by atoms with E-state index in [1.165, 1.54) is 12.0 Å². The van der Waals surface area contributed by atoms with E-state index in [2.05, 4.69) is 0 Å². The molecular formula is C11H16O3S. The Morgan fingerprint density at radius 2 is 1.73 bits per heavy atom. The van der Waals surface area contributed by atoms with Gasteiger partial charge >= 0.3 is 0 Å². The fourth-order valence-electron chi connectivity index (χ4n) is 1.02. The number of hydrogen-bond acceptors (Lipinski definition) is 4. The molecular weight excluding hydrogens is 212 g/mol. The normalized spacial score (nSPS) is 10.5. The zero-order valence-electron chi connectivity index (χ0n) is 9.44. The molecule has 4 heteroatoms. The van der Waals surface area contributed by atoms with E-state index in [1.54, 1.807) is 14.2 Å². The number of hydrogen-bond donors (Lipinski definition) is 0. The fraction of sp³-hybridized carbons (Fsp3) is 0.455. The van der Waals surface area contributed by atoms with Crippen LogP contribution in [-0.4, -0.2) is 20.3 Å². The van der Waals surface area contributed by atoms with E-state index in [0.29, 0.717) is 0 Å². The zero-order valence-corrected chi connectivity index (χ0v) is 10.3. The van der Waals surface area contributed by atoms with Crippen molar-refractivity contribution in [2.24, 2.45) is 0 Å². The standard InChI is InChI=1S/C11H16O3S/c1-8(2)14-15-9-5-6-10(12-3)11(7-9)13-4/h5-8H,1-4H3. The Kier molecular flexibility index (Phi) is 4.78. The van der Waals surface area contributed by atoms with E-state index in [1.807, 2.05) is 32.0 Å². The Hall–Kier alpha value is -0.870. The highest BCUT2D eigenvalue weighted by Crippen LogP contribution is 2.32. The minimum absolute atomic E-state index is 0.197. The minimum atomic E-state index is 0.197. The molecule has 0 saturated carbocycles. The fourth-order valence-corrected chi connectivity index (χ4v) is 1.60. The van der Waals surface area contributed by atoms with Crippen molar-refractivity contribution in [2.45, 2.75) is 24.8 Å². The molecule has 0 N–H and O–H groups in total. The van der Waals surface area contributed by atoms with Crippen LogP contribution >= 0.6 is 12.0 Å². The van der Waals surface area contributed by atoms with Gasteiger partial charge in [0, 0.05) is 16.9 Å². The molecule has 1 aromatic carbocycles. The van der Waals surface area contributed by atoms with Crippen LogP contribution in [0.3, 0.4) is 0 Å². The van der Waals surface area contributed by atoms with Crippen molar-refractivity contribution in [3.8, 4) is 11.5 Å². The van der Waals surface area contributed by atoms with Gasteiger partial charge < -0.3 is 13.7 Å². The van der Waals surface area contributed by atoms with Crippen LogP contribution in [0.25, 0.3) is 0 Å². The molecule has 0 aliphatic rings. The maximum absolute atomic E-state index is 5.42. The molecule has 0 atom stereocenters. The van der Waals surface area contributed by atoms with Gasteiger partial charge in [0.1, 0.15) is 0 Å². The van der Waals surface area contributed by atoms with Crippen molar-refractivity contribution >= 4 is 12.0 Å². The van der Waals surface area contributed by atoms with E-state index in [4.69, 9.17) is 13.7 Å². The highest BCUT2D eigenvalue weighted by atomic mass is 32.2. The van der Waals surface area contributed by atoms with Crippen molar-refractivity contribution in [3.05, 3.63) is 18.2 Å². The monoisotopic (exact) mass is 228 g/mol. The minimum Gasteiger partial charge on any atom is -0.493 e. The lowest BCUT2D eigenvalue weighted by Gasteiger charge is -2.10. The van der Waals surface area contributed by atoms with Crippen molar-refractivity contribution in [3.63, 3.8) is 0 Å². The highest BCUT2D eigenvalue weighted by molar-refractivity contribution is 7.94. The van der Waals surface area contributed by atoms with E-state index in [9.17, 15) is 0 Å². The lowest BCUT2D eigenvalue weighted by atomic mass is 10.3. The summed E-state index contributed by atoms with van der Waals surface area (Å²) in [5.41, 5.74) is 0. The highest BCUT2D eigenvalue weighted by Gasteiger charge is 2.05. The van der Waals surface area contributed by atoms with E-state index in [-0.39, 0.29) is 6.10 Å². The summed E-state index contributed by atoms with van der Waals surface area (Å²) in [5.74, 6) is 1.45. The average Bonchev–Trinajstić information content (AvgIpc) is 2.25. The predicted molar refractivity (Wildman–Crippen MR) is 61.6 cm³/mol. The van der Waals surface area contributed by atoms with Gasteiger partial charge in [-0.1, -0.05) is 0 Å². The third-order valence-electron chi connectivity index (χ3n) is 1.69. The van der Waals surface area contributed by atoms with Crippen LogP contribution in [0.1, 0.15) is 13.8 Å². The first-order valence-corrected chi connectivity index (χ1v) is 5.47. The molecule has 0 bridgehead atoms. The van der Waals surface area contributed by atoms with E-state index in [0.717, 1.165) is 16.4 Å². The molecule has 1 aromatic rings. The van der Waals surface area contributed by atoms with Gasteiger partial charge in [0.05, 0.1) is 20.3 Å². The van der Waals surface area contributed by atoms with Gasteiger partial charge in [-0.2, -0.15) is 0 Å². The van der Waals surface area contributed by atoms with Crippen LogP contribution in [0, 0.1) is 0 Å². The first-order valence-electron chi connectivity index (χ1n) is 4.72. The summed E-state index contributed by atoms with van der Waals surface area (Å²) >= 11 is 1.34. The third kappa shape index (κ3) is 3.64. The lowest BCUT2D eigenvalue weighted by Crippen LogP contribution is -1.95. The second-order valence-electron chi connectivity index (χ2n) is 3.25. The van der Waals surface area contributed by atoms with Gasteiger partial charge in [0.25, 0.3) is 0 Å². The van der Waals surface area contributed by atoms with Crippen molar-refractivity contribution in [1.29, 1.82) is 0 Å². The molecule has 0 aliphatic heterocycles. The first-order chi connectivity index (χ1) is 7.17. The lowest BCUT2D eigenvalue weighted by molar-refractivity contribution is 0.289. The van der Waals surface area contributed by atoms with Crippen LogP contribution in [0.5, 0.6) is 11.5 Å². The third-order valence-corrected chi connectivity index (χ3v) is 2.62. The summed E-state index contributed by atoms with van der Waals surface area (Å²) in [5, 5.41) is 0. The molecule has 15 heavy (non-hydrogen) atoms. The maximum Gasteiger partial charge on any atom is 0.161 e. The quantitative estimate of drug-likeness (QED) is 0.724. The summed E-state index contributed by atoms with van der Waals surface area (Å²) in [6, 6.07) is 5.70. The molecule has 0 fully saturated rings. The number of methoxy groups -OCH3 is 2. The Morgan fingerprint density at radius 3 is 2.27 bits per heavy atom. The smallest absolute Gasteiger partial charge is 0.161 e. The molecule has 0 unspecified atom stereocenters. The average molecular weight is 228 g/mol. The SMILES string of the molecule is COc1ccc(SOC(C)C)cc1OC. The largest absolute Gasteiger partial charge is 0.493 e. The van der Waals surface area contributed by atoms with Crippen LogP contribution in [0.4, 0.5) is 0 Å². The molecule has 0 radical (unpaired) electrons. The van der Waals surface area contributed by atoms with Gasteiger partial charge in [-0.05, 0) is 32.0 Å². The van der Waals surface area contributed by atoms with Crippen molar-refractivity contribution in [2.75, 3.05) is 14.2 Å². The predicted octanol–water partition coefficient (Wildman–Crippen LogP) is 3.14. The van der Waals surface area contributed by atoms with Crippen molar-refractivity contribution in [1.82, 2.24) is 0 Å². The molecule has 3 nitrogen and oxygen atoms in total. The van der Waals surface area contributed by atoms with Crippen LogP contribution in [-0.2, 0) is 4.18 Å². The summed E-state index contributed by atoms with van der Waals surface area (Å²) in [6.45, 7) is 3.99. The van der Waals surface area contributed by atoms with Crippen molar-refractivity contribution < 1.29 is 13.7 Å². The summed E-state index contributed by atoms with van der Waals surface area (Å²) in [4.78, 5) is 1.00. The maximum atomic E-state index is 5.42. The molecule has 0 aromatic heterocycles. The Bertz CT molecular complexity index is 313. The van der Waals surface area contributed by atoms with Crippen LogP contribution < -0.4 is 9.47 Å². The molecule has 0 heterocycles. The number of benzene rings is 1. The summed E-state index contributed by atoms with van der Waals surface area (Å²) < 4.78 is 15.8. The van der Waals surface area contributed by atoms with Crippen LogP contribution in [0.2, 0.25) is 0 Å². The summed E-state index contributed by atoms with van der Waals surface area (Å²) in [6.07, 6.45) is 0.197. The Balaban J connectivity index is 2.74. The second kappa shape index (κ2) is 5.88. The Labute approximate surface area is 94.9 Å². The van der Waals surface area contributed by atoms with Gasteiger partial charge in [-0.15, -0.1) is 0 Å². The first kappa shape index (κ1) is 12.2. The topological polar surface area (TPSA) is 27.7 Å². The Morgan fingerprint density at radius 1 is 1.07 bits per heavy atom. The molecule has 0 saturated heterocycles. The van der Waals surface area contributed by atoms with Gasteiger partial charge in [0.2, 0.25) is 0 Å². The molecule has 0 spiro atoms.